The Morgan fingerprint density at radius 1 is 1.14 bits per heavy atom. The highest BCUT2D eigenvalue weighted by Gasteiger charge is 2.39. The lowest BCUT2D eigenvalue weighted by Crippen LogP contribution is -2.55. The van der Waals surface area contributed by atoms with Crippen LogP contribution in [0.25, 0.3) is 0 Å². The summed E-state index contributed by atoms with van der Waals surface area (Å²) >= 11 is 0. The van der Waals surface area contributed by atoms with E-state index in [2.05, 4.69) is 15.5 Å². The highest BCUT2D eigenvalue weighted by atomic mass is 19.3. The fourth-order valence-corrected chi connectivity index (χ4v) is 4.86. The second kappa shape index (κ2) is 12.3. The fraction of sp³-hybridized carbons (Fsp3) is 0.654. The third kappa shape index (κ3) is 7.44. The maximum Gasteiger partial charge on any atom is 0.248 e. The molecule has 8 nitrogen and oxygen atoms in total. The van der Waals surface area contributed by atoms with Crippen molar-refractivity contribution in [3.05, 3.63) is 29.6 Å². The van der Waals surface area contributed by atoms with E-state index >= 15 is 4.39 Å². The molecular weight excluding hydrogens is 487 g/mol. The summed E-state index contributed by atoms with van der Waals surface area (Å²) in [6, 6.07) is 2.32. The Morgan fingerprint density at radius 2 is 1.76 bits per heavy atom. The molecule has 11 heteroatoms. The van der Waals surface area contributed by atoms with E-state index in [1.54, 1.807) is 24.8 Å². The Balaban J connectivity index is 1.70. The number of amides is 3. The smallest absolute Gasteiger partial charge is 0.248 e. The lowest BCUT2D eigenvalue weighted by molar-refractivity contribution is -0.138. The number of piperazine rings is 1. The number of alkyl halides is 2. The van der Waals surface area contributed by atoms with Crippen LogP contribution in [-0.2, 0) is 14.4 Å². The number of likely N-dealkylation sites (N-methyl/N-ethyl adjacent to an activating group) is 1. The monoisotopic (exact) mass is 525 g/mol. The van der Waals surface area contributed by atoms with E-state index in [9.17, 15) is 23.2 Å². The van der Waals surface area contributed by atoms with Gasteiger partial charge in [0.25, 0.3) is 0 Å². The maximum atomic E-state index is 15.0. The Morgan fingerprint density at radius 3 is 2.32 bits per heavy atom. The van der Waals surface area contributed by atoms with Gasteiger partial charge >= 0.3 is 0 Å². The number of rotatable bonds is 8. The number of nitrogens with one attached hydrogen (secondary N) is 2. The largest absolute Gasteiger partial charge is 0.344 e. The van der Waals surface area contributed by atoms with Crippen LogP contribution in [0.4, 0.5) is 18.9 Å². The number of carbonyl (C=O) groups excluding carboxylic acids is 3. The van der Waals surface area contributed by atoms with Crippen molar-refractivity contribution >= 4 is 23.4 Å². The number of halogens is 3. The average Bonchev–Trinajstić information content (AvgIpc) is 2.87. The van der Waals surface area contributed by atoms with Gasteiger partial charge in [0.15, 0.2) is 0 Å². The number of benzene rings is 1. The van der Waals surface area contributed by atoms with Crippen molar-refractivity contribution in [2.45, 2.75) is 69.9 Å². The molecule has 1 saturated carbocycles. The molecule has 0 aromatic heterocycles. The highest BCUT2D eigenvalue weighted by Crippen LogP contribution is 2.37. The van der Waals surface area contributed by atoms with Gasteiger partial charge in [0.05, 0.1) is 11.7 Å². The van der Waals surface area contributed by atoms with Gasteiger partial charge in [-0.1, -0.05) is 19.9 Å². The Hall–Kier alpha value is -2.66. The average molecular weight is 526 g/mol. The molecule has 1 aliphatic heterocycles. The van der Waals surface area contributed by atoms with Gasteiger partial charge in [-0.3, -0.25) is 14.4 Å². The first kappa shape index (κ1) is 28.9. The second-order valence-corrected chi connectivity index (χ2v) is 10.3. The van der Waals surface area contributed by atoms with Gasteiger partial charge in [-0.15, -0.1) is 0 Å². The van der Waals surface area contributed by atoms with Crippen LogP contribution in [0.5, 0.6) is 0 Å². The van der Waals surface area contributed by atoms with Crippen molar-refractivity contribution in [3.8, 4) is 0 Å². The molecule has 3 rings (SSSR count). The molecule has 2 aliphatic rings. The van der Waals surface area contributed by atoms with E-state index in [1.165, 1.54) is 12.1 Å². The minimum absolute atomic E-state index is 0.0860. The minimum atomic E-state index is -2.73. The van der Waals surface area contributed by atoms with E-state index in [1.807, 2.05) is 7.05 Å². The molecule has 1 aliphatic carbocycles. The van der Waals surface area contributed by atoms with Gasteiger partial charge in [-0.05, 0) is 43.5 Å². The zero-order valence-corrected chi connectivity index (χ0v) is 21.7. The summed E-state index contributed by atoms with van der Waals surface area (Å²) < 4.78 is 41.9. The molecule has 0 spiro atoms. The quantitative estimate of drug-likeness (QED) is 0.484. The van der Waals surface area contributed by atoms with Crippen molar-refractivity contribution < 1.29 is 27.6 Å². The first-order chi connectivity index (χ1) is 17.4. The van der Waals surface area contributed by atoms with Gasteiger partial charge in [0.2, 0.25) is 23.6 Å². The summed E-state index contributed by atoms with van der Waals surface area (Å²) in [7, 11) is 1.98. The molecule has 1 heterocycles. The standard InChI is InChI=1S/C26H38F3N5O3/c1-4-21(35)32-23(25(37)34-13-11-33(3)12-14-34)16(2)18-5-6-20(19(27)15-18)31-24(36)22(30)17-7-9-26(28,29)10-8-17/h5-6,15-17,22-23H,4,7-14,30H2,1-3H3,(H,31,36)(H,32,35)/t16-,22-,23+/m0/s1. The third-order valence-electron chi connectivity index (χ3n) is 7.57. The minimum Gasteiger partial charge on any atom is -0.344 e. The summed E-state index contributed by atoms with van der Waals surface area (Å²) in [5, 5.41) is 5.26. The first-order valence-electron chi connectivity index (χ1n) is 12.9. The van der Waals surface area contributed by atoms with Crippen LogP contribution in [0.3, 0.4) is 0 Å². The van der Waals surface area contributed by atoms with Crippen molar-refractivity contribution in [2.24, 2.45) is 11.7 Å². The number of hydrogen-bond acceptors (Lipinski definition) is 5. The van der Waals surface area contributed by atoms with Crippen LogP contribution >= 0.6 is 0 Å². The zero-order chi connectivity index (χ0) is 27.3. The van der Waals surface area contributed by atoms with E-state index < -0.39 is 41.6 Å². The molecule has 1 saturated heterocycles. The van der Waals surface area contributed by atoms with Gasteiger partial charge in [0, 0.05) is 51.4 Å². The van der Waals surface area contributed by atoms with Crippen molar-refractivity contribution in [1.82, 2.24) is 15.1 Å². The fourth-order valence-electron chi connectivity index (χ4n) is 4.86. The molecule has 0 radical (unpaired) electrons. The first-order valence-corrected chi connectivity index (χ1v) is 12.9. The van der Waals surface area contributed by atoms with E-state index in [4.69, 9.17) is 5.73 Å². The van der Waals surface area contributed by atoms with E-state index in [0.29, 0.717) is 18.7 Å². The summed E-state index contributed by atoms with van der Waals surface area (Å²) in [5.74, 6) is -5.51. The predicted molar refractivity (Wildman–Crippen MR) is 135 cm³/mol. The Labute approximate surface area is 216 Å². The van der Waals surface area contributed by atoms with Crippen molar-refractivity contribution in [3.63, 3.8) is 0 Å². The van der Waals surface area contributed by atoms with Crippen molar-refractivity contribution in [2.75, 3.05) is 38.5 Å². The topological polar surface area (TPSA) is 108 Å². The molecular formula is C26H38F3N5O3. The van der Waals surface area contributed by atoms with Crippen LogP contribution < -0.4 is 16.4 Å². The van der Waals surface area contributed by atoms with Crippen LogP contribution in [-0.4, -0.2) is 78.8 Å². The normalized spacial score (nSPS) is 21.1. The molecule has 2 fully saturated rings. The summed E-state index contributed by atoms with van der Waals surface area (Å²) in [5.41, 5.74) is 6.40. The van der Waals surface area contributed by atoms with Crippen LogP contribution in [0, 0.1) is 11.7 Å². The molecule has 3 atom stereocenters. The summed E-state index contributed by atoms with van der Waals surface area (Å²) in [4.78, 5) is 42.0. The van der Waals surface area contributed by atoms with Gasteiger partial charge in [-0.25, -0.2) is 13.2 Å². The summed E-state index contributed by atoms with van der Waals surface area (Å²) in [6.45, 7) is 5.97. The van der Waals surface area contributed by atoms with Crippen LogP contribution in [0.1, 0.15) is 57.4 Å². The highest BCUT2D eigenvalue weighted by molar-refractivity contribution is 5.95. The Bertz CT molecular complexity index is 974. The van der Waals surface area contributed by atoms with Gasteiger partial charge in [0.1, 0.15) is 11.9 Å². The number of nitrogens with two attached hydrogens (primary N) is 1. The number of nitrogens with zero attached hydrogens (tertiary/aromatic N) is 2. The lowest BCUT2D eigenvalue weighted by Gasteiger charge is -2.36. The molecule has 206 valence electrons. The molecule has 4 N–H and O–H groups in total. The predicted octanol–water partition coefficient (Wildman–Crippen LogP) is 2.69. The summed E-state index contributed by atoms with van der Waals surface area (Å²) in [6.07, 6.45) is -0.165. The van der Waals surface area contributed by atoms with Crippen LogP contribution in [0.2, 0.25) is 0 Å². The number of carbonyl (C=O) groups is 3. The molecule has 3 amide bonds. The molecule has 37 heavy (non-hydrogen) atoms. The third-order valence-corrected chi connectivity index (χ3v) is 7.57. The molecule has 0 unspecified atom stereocenters. The maximum absolute atomic E-state index is 15.0. The Kier molecular flexibility index (Phi) is 9.57. The van der Waals surface area contributed by atoms with Crippen LogP contribution in [0.15, 0.2) is 18.2 Å². The van der Waals surface area contributed by atoms with E-state index in [-0.39, 0.29) is 49.6 Å². The number of hydrogen-bond donors (Lipinski definition) is 3. The molecule has 1 aromatic rings. The molecule has 0 bridgehead atoms. The zero-order valence-electron chi connectivity index (χ0n) is 21.7. The van der Waals surface area contributed by atoms with Gasteiger partial charge in [-0.2, -0.15) is 0 Å². The van der Waals surface area contributed by atoms with Crippen molar-refractivity contribution in [1.29, 1.82) is 0 Å². The lowest BCUT2D eigenvalue weighted by atomic mass is 9.82. The van der Waals surface area contributed by atoms with E-state index in [0.717, 1.165) is 13.1 Å². The SMILES string of the molecule is CCC(=O)N[C@@H](C(=O)N1CCN(C)CC1)[C@@H](C)c1ccc(NC(=O)[C@@H](N)C2CCC(F)(F)CC2)c(F)c1. The second-order valence-electron chi connectivity index (χ2n) is 10.3. The molecule has 1 aromatic carbocycles. The number of anilines is 1. The van der Waals surface area contributed by atoms with Gasteiger partial charge < -0.3 is 26.2 Å².